The van der Waals surface area contributed by atoms with Crippen molar-refractivity contribution < 1.29 is 4.79 Å². The van der Waals surface area contributed by atoms with Gasteiger partial charge < -0.3 is 10.2 Å². The summed E-state index contributed by atoms with van der Waals surface area (Å²) < 4.78 is 0. The fraction of sp³-hybridized carbons (Fsp3) is 0.278. The highest BCUT2D eigenvalue weighted by molar-refractivity contribution is 5.94. The second-order valence-electron chi connectivity index (χ2n) is 5.50. The molecule has 0 aliphatic carbocycles. The highest BCUT2D eigenvalue weighted by atomic mass is 16.2. The van der Waals surface area contributed by atoms with E-state index in [4.69, 9.17) is 0 Å². The first-order valence-electron chi connectivity index (χ1n) is 7.39. The third-order valence-corrected chi connectivity index (χ3v) is 3.99. The summed E-state index contributed by atoms with van der Waals surface area (Å²) in [6, 6.07) is 18.2. The lowest BCUT2D eigenvalue weighted by atomic mass is 10.0. The Morgan fingerprint density at radius 2 is 1.81 bits per heavy atom. The summed E-state index contributed by atoms with van der Waals surface area (Å²) >= 11 is 0. The van der Waals surface area contributed by atoms with Crippen molar-refractivity contribution in [2.24, 2.45) is 0 Å². The second-order valence-corrected chi connectivity index (χ2v) is 5.50. The van der Waals surface area contributed by atoms with E-state index in [0.29, 0.717) is 0 Å². The van der Waals surface area contributed by atoms with E-state index in [9.17, 15) is 4.79 Å². The molecule has 1 N–H and O–H groups in total. The molecule has 0 bridgehead atoms. The van der Waals surface area contributed by atoms with Crippen LogP contribution in [0.1, 0.15) is 27.5 Å². The molecule has 0 spiro atoms. The molecule has 21 heavy (non-hydrogen) atoms. The summed E-state index contributed by atoms with van der Waals surface area (Å²) in [7, 11) is 0. The fourth-order valence-corrected chi connectivity index (χ4v) is 2.78. The maximum Gasteiger partial charge on any atom is 0.254 e. The van der Waals surface area contributed by atoms with Crippen molar-refractivity contribution in [1.82, 2.24) is 10.2 Å². The average molecular weight is 280 g/mol. The summed E-state index contributed by atoms with van der Waals surface area (Å²) in [5.41, 5.74) is 3.13. The van der Waals surface area contributed by atoms with Gasteiger partial charge in [0.25, 0.3) is 5.91 Å². The maximum absolute atomic E-state index is 12.8. The van der Waals surface area contributed by atoms with E-state index < -0.39 is 0 Å². The number of nitrogens with one attached hydrogen (secondary N) is 1. The zero-order chi connectivity index (χ0) is 14.7. The van der Waals surface area contributed by atoms with Crippen LogP contribution in [0.2, 0.25) is 0 Å². The number of carbonyl (C=O) groups is 1. The van der Waals surface area contributed by atoms with E-state index in [2.05, 4.69) is 17.4 Å². The average Bonchev–Trinajstić information content (AvgIpc) is 2.56. The van der Waals surface area contributed by atoms with Crippen molar-refractivity contribution >= 4 is 5.91 Å². The number of benzene rings is 2. The normalized spacial score (nSPS) is 18.5. The predicted octanol–water partition coefficient (Wildman–Crippen LogP) is 2.78. The van der Waals surface area contributed by atoms with E-state index in [-0.39, 0.29) is 11.9 Å². The summed E-state index contributed by atoms with van der Waals surface area (Å²) in [6.45, 7) is 4.43. The molecule has 1 unspecified atom stereocenters. The minimum Gasteiger partial charge on any atom is -0.329 e. The zero-order valence-electron chi connectivity index (χ0n) is 12.3. The van der Waals surface area contributed by atoms with Gasteiger partial charge in [-0.1, -0.05) is 48.0 Å². The van der Waals surface area contributed by atoms with E-state index in [1.54, 1.807) is 0 Å². The molecule has 1 amide bonds. The van der Waals surface area contributed by atoms with Gasteiger partial charge in [-0.25, -0.2) is 0 Å². The van der Waals surface area contributed by atoms with Crippen LogP contribution in [-0.4, -0.2) is 30.4 Å². The van der Waals surface area contributed by atoms with E-state index in [1.165, 1.54) is 11.1 Å². The van der Waals surface area contributed by atoms with Crippen LogP contribution in [0.5, 0.6) is 0 Å². The summed E-state index contributed by atoms with van der Waals surface area (Å²) in [5.74, 6) is 0.116. The topological polar surface area (TPSA) is 32.3 Å². The van der Waals surface area contributed by atoms with Gasteiger partial charge in [-0.3, -0.25) is 4.79 Å². The monoisotopic (exact) mass is 280 g/mol. The smallest absolute Gasteiger partial charge is 0.254 e. The number of piperazine rings is 1. The standard InChI is InChI=1S/C18H20N2O/c1-14-7-9-16(10-8-14)18(21)20-12-11-19-13-17(20)15-5-3-2-4-6-15/h2-10,17,19H,11-13H2,1H3. The Morgan fingerprint density at radius 1 is 1.10 bits per heavy atom. The molecule has 1 fully saturated rings. The van der Waals surface area contributed by atoms with Crippen LogP contribution in [0, 0.1) is 6.92 Å². The first kappa shape index (κ1) is 13.8. The first-order valence-corrected chi connectivity index (χ1v) is 7.39. The van der Waals surface area contributed by atoms with Crippen LogP contribution in [0.25, 0.3) is 0 Å². The van der Waals surface area contributed by atoms with Gasteiger partial charge in [0.2, 0.25) is 0 Å². The molecule has 2 aromatic rings. The van der Waals surface area contributed by atoms with E-state index >= 15 is 0 Å². The van der Waals surface area contributed by atoms with Gasteiger partial charge >= 0.3 is 0 Å². The lowest BCUT2D eigenvalue weighted by Gasteiger charge is -2.36. The van der Waals surface area contributed by atoms with Gasteiger partial charge in [0, 0.05) is 25.2 Å². The van der Waals surface area contributed by atoms with Gasteiger partial charge in [0.15, 0.2) is 0 Å². The molecular formula is C18H20N2O. The predicted molar refractivity (Wildman–Crippen MR) is 84.3 cm³/mol. The molecule has 3 rings (SSSR count). The first-order chi connectivity index (χ1) is 10.3. The summed E-state index contributed by atoms with van der Waals surface area (Å²) in [6.07, 6.45) is 0. The van der Waals surface area contributed by atoms with Gasteiger partial charge in [0.05, 0.1) is 6.04 Å². The van der Waals surface area contributed by atoms with Crippen molar-refractivity contribution in [3.63, 3.8) is 0 Å². The van der Waals surface area contributed by atoms with Gasteiger partial charge in [-0.05, 0) is 24.6 Å². The molecule has 1 aliphatic rings. The second kappa shape index (κ2) is 6.10. The van der Waals surface area contributed by atoms with Crippen molar-refractivity contribution in [2.75, 3.05) is 19.6 Å². The Labute approximate surface area is 125 Å². The largest absolute Gasteiger partial charge is 0.329 e. The Kier molecular flexibility index (Phi) is 4.02. The van der Waals surface area contributed by atoms with Crippen LogP contribution >= 0.6 is 0 Å². The molecule has 0 aromatic heterocycles. The summed E-state index contributed by atoms with van der Waals surface area (Å²) in [5, 5.41) is 3.38. The molecular weight excluding hydrogens is 260 g/mol. The fourth-order valence-electron chi connectivity index (χ4n) is 2.78. The molecule has 1 aliphatic heterocycles. The van der Waals surface area contributed by atoms with Crippen LogP contribution in [0.15, 0.2) is 54.6 Å². The Hall–Kier alpha value is -2.13. The zero-order valence-corrected chi connectivity index (χ0v) is 12.3. The number of nitrogens with zero attached hydrogens (tertiary/aromatic N) is 1. The molecule has 0 saturated carbocycles. The molecule has 2 aromatic carbocycles. The van der Waals surface area contributed by atoms with Crippen LogP contribution in [0.3, 0.4) is 0 Å². The minimum absolute atomic E-state index is 0.105. The molecule has 3 heteroatoms. The van der Waals surface area contributed by atoms with Crippen LogP contribution < -0.4 is 5.32 Å². The number of hydrogen-bond acceptors (Lipinski definition) is 2. The molecule has 1 atom stereocenters. The number of aryl methyl sites for hydroxylation is 1. The Morgan fingerprint density at radius 3 is 2.52 bits per heavy atom. The third-order valence-electron chi connectivity index (χ3n) is 3.99. The Balaban J connectivity index is 1.87. The number of carbonyl (C=O) groups excluding carboxylic acids is 1. The van der Waals surface area contributed by atoms with Crippen LogP contribution in [-0.2, 0) is 0 Å². The van der Waals surface area contributed by atoms with Crippen molar-refractivity contribution in [3.05, 3.63) is 71.3 Å². The number of hydrogen-bond donors (Lipinski definition) is 1. The van der Waals surface area contributed by atoms with Crippen molar-refractivity contribution in [2.45, 2.75) is 13.0 Å². The van der Waals surface area contributed by atoms with Crippen LogP contribution in [0.4, 0.5) is 0 Å². The van der Waals surface area contributed by atoms with Gasteiger partial charge in [0.1, 0.15) is 0 Å². The summed E-state index contributed by atoms with van der Waals surface area (Å²) in [4.78, 5) is 14.8. The van der Waals surface area contributed by atoms with E-state index in [0.717, 1.165) is 25.2 Å². The third kappa shape index (κ3) is 2.98. The maximum atomic E-state index is 12.8. The molecule has 0 radical (unpaired) electrons. The molecule has 1 heterocycles. The minimum atomic E-state index is 0.105. The highest BCUT2D eigenvalue weighted by Gasteiger charge is 2.28. The SMILES string of the molecule is Cc1ccc(C(=O)N2CCNCC2c2ccccc2)cc1. The van der Waals surface area contributed by atoms with Gasteiger partial charge in [-0.15, -0.1) is 0 Å². The number of rotatable bonds is 2. The van der Waals surface area contributed by atoms with Crippen molar-refractivity contribution in [1.29, 1.82) is 0 Å². The lowest BCUT2D eigenvalue weighted by Crippen LogP contribution is -2.48. The lowest BCUT2D eigenvalue weighted by molar-refractivity contribution is 0.0634. The highest BCUT2D eigenvalue weighted by Crippen LogP contribution is 2.24. The van der Waals surface area contributed by atoms with Crippen molar-refractivity contribution in [3.8, 4) is 0 Å². The number of amides is 1. The molecule has 108 valence electrons. The Bertz CT molecular complexity index is 607. The molecule has 1 saturated heterocycles. The van der Waals surface area contributed by atoms with Gasteiger partial charge in [-0.2, -0.15) is 0 Å². The van der Waals surface area contributed by atoms with E-state index in [1.807, 2.05) is 54.3 Å². The molecule has 3 nitrogen and oxygen atoms in total. The quantitative estimate of drug-likeness (QED) is 0.917.